The number of rotatable bonds is 4. The molecular formula is C13H18FN. The van der Waals surface area contributed by atoms with Crippen molar-refractivity contribution in [2.75, 3.05) is 0 Å². The summed E-state index contributed by atoms with van der Waals surface area (Å²) in [5.41, 5.74) is 8.58. The van der Waals surface area contributed by atoms with Gasteiger partial charge in [0.25, 0.3) is 0 Å². The molecule has 1 rings (SSSR count). The molecular weight excluding hydrogens is 189 g/mol. The standard InChI is InChI=1S/C13H18FN/c1-9(2)4-7-13(15)11-6-5-10(3)12(14)8-11/h5-6,8,13H,1,4,7,15H2,2-3H3. The van der Waals surface area contributed by atoms with Crippen LogP contribution in [0, 0.1) is 12.7 Å². The first-order valence-corrected chi connectivity index (χ1v) is 5.16. The number of benzene rings is 1. The van der Waals surface area contributed by atoms with E-state index >= 15 is 0 Å². The van der Waals surface area contributed by atoms with Gasteiger partial charge in [-0.3, -0.25) is 0 Å². The van der Waals surface area contributed by atoms with E-state index < -0.39 is 0 Å². The molecule has 0 aliphatic carbocycles. The third-order valence-electron chi connectivity index (χ3n) is 2.51. The number of allylic oxidation sites excluding steroid dienone is 1. The Kier molecular flexibility index (Phi) is 4.04. The molecule has 1 atom stereocenters. The Balaban J connectivity index is 2.69. The summed E-state index contributed by atoms with van der Waals surface area (Å²) in [6.45, 7) is 7.55. The smallest absolute Gasteiger partial charge is 0.126 e. The molecule has 82 valence electrons. The van der Waals surface area contributed by atoms with E-state index in [1.54, 1.807) is 13.0 Å². The van der Waals surface area contributed by atoms with Crippen LogP contribution in [0.5, 0.6) is 0 Å². The van der Waals surface area contributed by atoms with E-state index in [0.29, 0.717) is 5.56 Å². The van der Waals surface area contributed by atoms with Gasteiger partial charge in [-0.05, 0) is 43.9 Å². The van der Waals surface area contributed by atoms with Gasteiger partial charge in [0.2, 0.25) is 0 Å². The van der Waals surface area contributed by atoms with Gasteiger partial charge in [-0.2, -0.15) is 0 Å². The molecule has 0 aromatic heterocycles. The SMILES string of the molecule is C=C(C)CCC(N)c1ccc(C)c(F)c1. The third kappa shape index (κ3) is 3.48. The Morgan fingerprint density at radius 3 is 2.73 bits per heavy atom. The van der Waals surface area contributed by atoms with E-state index in [2.05, 4.69) is 6.58 Å². The Hall–Kier alpha value is -1.15. The van der Waals surface area contributed by atoms with Gasteiger partial charge < -0.3 is 5.73 Å². The summed E-state index contributed by atoms with van der Waals surface area (Å²) in [5.74, 6) is -0.182. The lowest BCUT2D eigenvalue weighted by molar-refractivity contribution is 0.601. The highest BCUT2D eigenvalue weighted by Crippen LogP contribution is 2.20. The Morgan fingerprint density at radius 1 is 1.53 bits per heavy atom. The average molecular weight is 207 g/mol. The largest absolute Gasteiger partial charge is 0.324 e. The van der Waals surface area contributed by atoms with Crippen molar-refractivity contribution in [3.05, 3.63) is 47.3 Å². The molecule has 0 amide bonds. The fourth-order valence-corrected chi connectivity index (χ4v) is 1.41. The van der Waals surface area contributed by atoms with Crippen LogP contribution in [0.3, 0.4) is 0 Å². The minimum absolute atomic E-state index is 0.100. The van der Waals surface area contributed by atoms with Gasteiger partial charge in [0.05, 0.1) is 0 Å². The van der Waals surface area contributed by atoms with E-state index in [4.69, 9.17) is 5.73 Å². The molecule has 0 radical (unpaired) electrons. The summed E-state index contributed by atoms with van der Waals surface area (Å²) in [5, 5.41) is 0. The maximum atomic E-state index is 13.3. The van der Waals surface area contributed by atoms with Crippen LogP contribution in [0.1, 0.15) is 36.9 Å². The zero-order valence-electron chi connectivity index (χ0n) is 9.39. The minimum Gasteiger partial charge on any atom is -0.324 e. The van der Waals surface area contributed by atoms with Crippen LogP contribution in [-0.4, -0.2) is 0 Å². The van der Waals surface area contributed by atoms with E-state index in [-0.39, 0.29) is 11.9 Å². The molecule has 0 fully saturated rings. The second kappa shape index (κ2) is 5.08. The van der Waals surface area contributed by atoms with E-state index in [9.17, 15) is 4.39 Å². The van der Waals surface area contributed by atoms with Crippen molar-refractivity contribution in [1.29, 1.82) is 0 Å². The van der Waals surface area contributed by atoms with Crippen molar-refractivity contribution in [2.45, 2.75) is 32.7 Å². The van der Waals surface area contributed by atoms with Crippen LogP contribution in [0.2, 0.25) is 0 Å². The predicted molar refractivity (Wildman–Crippen MR) is 62.1 cm³/mol. The van der Waals surface area contributed by atoms with Crippen LogP contribution in [0.25, 0.3) is 0 Å². The molecule has 0 aliphatic rings. The summed E-state index contributed by atoms with van der Waals surface area (Å²) in [6.07, 6.45) is 1.70. The quantitative estimate of drug-likeness (QED) is 0.751. The molecule has 1 aromatic rings. The van der Waals surface area contributed by atoms with Gasteiger partial charge in [-0.25, -0.2) is 4.39 Å². The molecule has 15 heavy (non-hydrogen) atoms. The first kappa shape index (κ1) is 11.9. The third-order valence-corrected chi connectivity index (χ3v) is 2.51. The van der Waals surface area contributed by atoms with Gasteiger partial charge in [0, 0.05) is 6.04 Å². The van der Waals surface area contributed by atoms with Gasteiger partial charge in [0.15, 0.2) is 0 Å². The Labute approximate surface area is 90.8 Å². The van der Waals surface area contributed by atoms with Crippen molar-refractivity contribution in [3.8, 4) is 0 Å². The average Bonchev–Trinajstić information content (AvgIpc) is 2.18. The molecule has 0 aliphatic heterocycles. The summed E-state index contributed by atoms with van der Waals surface area (Å²) >= 11 is 0. The van der Waals surface area contributed by atoms with Gasteiger partial charge in [-0.15, -0.1) is 6.58 Å². The topological polar surface area (TPSA) is 26.0 Å². The predicted octanol–water partition coefficient (Wildman–Crippen LogP) is 3.49. The first-order chi connectivity index (χ1) is 7.00. The molecule has 2 N–H and O–H groups in total. The van der Waals surface area contributed by atoms with Crippen LogP contribution in [-0.2, 0) is 0 Å². The van der Waals surface area contributed by atoms with Gasteiger partial charge in [0.1, 0.15) is 5.82 Å². The Bertz CT molecular complexity index is 358. The van der Waals surface area contributed by atoms with Crippen molar-refractivity contribution >= 4 is 0 Å². The highest BCUT2D eigenvalue weighted by molar-refractivity contribution is 5.25. The number of aryl methyl sites for hydroxylation is 1. The second-order valence-electron chi connectivity index (χ2n) is 4.11. The monoisotopic (exact) mass is 207 g/mol. The highest BCUT2D eigenvalue weighted by Gasteiger charge is 2.07. The minimum atomic E-state index is -0.182. The van der Waals surface area contributed by atoms with Crippen LogP contribution in [0.15, 0.2) is 30.4 Å². The van der Waals surface area contributed by atoms with Crippen LogP contribution >= 0.6 is 0 Å². The number of hydrogen-bond acceptors (Lipinski definition) is 1. The molecule has 2 heteroatoms. The first-order valence-electron chi connectivity index (χ1n) is 5.16. The summed E-state index contributed by atoms with van der Waals surface area (Å²) < 4.78 is 13.3. The number of halogens is 1. The van der Waals surface area contributed by atoms with Crippen molar-refractivity contribution < 1.29 is 4.39 Å². The molecule has 0 spiro atoms. The van der Waals surface area contributed by atoms with Gasteiger partial charge in [-0.1, -0.05) is 17.7 Å². The van der Waals surface area contributed by atoms with Gasteiger partial charge >= 0.3 is 0 Å². The lowest BCUT2D eigenvalue weighted by atomic mass is 10.00. The fraction of sp³-hybridized carbons (Fsp3) is 0.385. The zero-order chi connectivity index (χ0) is 11.4. The molecule has 1 aromatic carbocycles. The van der Waals surface area contributed by atoms with Crippen LogP contribution < -0.4 is 5.73 Å². The fourth-order valence-electron chi connectivity index (χ4n) is 1.41. The van der Waals surface area contributed by atoms with Crippen molar-refractivity contribution in [3.63, 3.8) is 0 Å². The van der Waals surface area contributed by atoms with Crippen molar-refractivity contribution in [2.24, 2.45) is 5.73 Å². The van der Waals surface area contributed by atoms with Crippen molar-refractivity contribution in [1.82, 2.24) is 0 Å². The van der Waals surface area contributed by atoms with Crippen LogP contribution in [0.4, 0.5) is 4.39 Å². The second-order valence-corrected chi connectivity index (χ2v) is 4.11. The summed E-state index contributed by atoms with van der Waals surface area (Å²) in [7, 11) is 0. The zero-order valence-corrected chi connectivity index (χ0v) is 9.39. The van der Waals surface area contributed by atoms with E-state index in [1.165, 1.54) is 6.07 Å². The van der Waals surface area contributed by atoms with E-state index in [1.807, 2.05) is 13.0 Å². The Morgan fingerprint density at radius 2 is 2.20 bits per heavy atom. The lowest BCUT2D eigenvalue weighted by Crippen LogP contribution is -2.10. The highest BCUT2D eigenvalue weighted by atomic mass is 19.1. The molecule has 0 saturated heterocycles. The molecule has 0 saturated carbocycles. The summed E-state index contributed by atoms with van der Waals surface area (Å²) in [6, 6.07) is 5.09. The maximum Gasteiger partial charge on any atom is 0.126 e. The maximum absolute atomic E-state index is 13.3. The summed E-state index contributed by atoms with van der Waals surface area (Å²) in [4.78, 5) is 0. The van der Waals surface area contributed by atoms with E-state index in [0.717, 1.165) is 24.0 Å². The lowest BCUT2D eigenvalue weighted by Gasteiger charge is -2.12. The normalized spacial score (nSPS) is 12.5. The molecule has 0 bridgehead atoms. The molecule has 0 heterocycles. The molecule has 1 unspecified atom stereocenters. The molecule has 1 nitrogen and oxygen atoms in total. The number of hydrogen-bond donors (Lipinski definition) is 1. The number of nitrogens with two attached hydrogens (primary N) is 1.